The highest BCUT2D eigenvalue weighted by Crippen LogP contribution is 2.32. The lowest BCUT2D eigenvalue weighted by Gasteiger charge is -2.20. The topological polar surface area (TPSA) is 21.3 Å². The summed E-state index contributed by atoms with van der Waals surface area (Å²) in [5.41, 5.74) is 0.175. The Morgan fingerprint density at radius 2 is 1.76 bits per heavy atom. The fourth-order valence-corrected chi connectivity index (χ4v) is 2.56. The van der Waals surface area contributed by atoms with Crippen LogP contribution in [0.25, 0.3) is 0 Å². The Balaban J connectivity index is 2.32. The Kier molecular flexibility index (Phi) is 5.97. The highest BCUT2D eigenvalue weighted by Gasteiger charge is 2.08. The average Bonchev–Trinajstić information content (AvgIpc) is 2.20. The van der Waals surface area contributed by atoms with Crippen molar-refractivity contribution in [2.24, 2.45) is 0 Å². The van der Waals surface area contributed by atoms with Crippen molar-refractivity contribution in [3.63, 3.8) is 0 Å². The molecular weight excluding hydrogens is 346 g/mol. The maximum absolute atomic E-state index is 5.75. The Bertz CT molecular complexity index is 341. The second-order valence-corrected chi connectivity index (χ2v) is 6.64. The number of hydrogen-bond donors (Lipinski definition) is 1. The molecule has 1 aromatic rings. The van der Waals surface area contributed by atoms with E-state index in [2.05, 4.69) is 57.9 Å². The van der Waals surface area contributed by atoms with Gasteiger partial charge in [0.15, 0.2) is 0 Å². The van der Waals surface area contributed by atoms with Crippen molar-refractivity contribution in [3.05, 3.63) is 27.1 Å². The molecule has 0 aromatic heterocycles. The van der Waals surface area contributed by atoms with Crippen LogP contribution in [0.2, 0.25) is 0 Å². The first kappa shape index (κ1) is 15.0. The quantitative estimate of drug-likeness (QED) is 0.783. The molecule has 0 bridgehead atoms. The summed E-state index contributed by atoms with van der Waals surface area (Å²) in [4.78, 5) is 0. The normalized spacial score (nSPS) is 11.6. The number of ether oxygens (including phenoxy) is 1. The molecule has 0 atom stereocenters. The van der Waals surface area contributed by atoms with Crippen LogP contribution in [0.4, 0.5) is 0 Å². The average molecular weight is 365 g/mol. The van der Waals surface area contributed by atoms with E-state index in [1.807, 2.05) is 18.2 Å². The van der Waals surface area contributed by atoms with Gasteiger partial charge in [-0.05, 0) is 77.7 Å². The standard InChI is InChI=1S/C13H19Br2NO/c1-13(2,3)16-8-5-9-17-12-10(14)6-4-7-11(12)15/h4,6-7,16H,5,8-9H2,1-3H3. The minimum atomic E-state index is 0.175. The van der Waals surface area contributed by atoms with Gasteiger partial charge in [-0.1, -0.05) is 6.07 Å². The number of para-hydroxylation sites is 1. The lowest BCUT2D eigenvalue weighted by molar-refractivity contribution is 0.295. The number of hydrogen-bond acceptors (Lipinski definition) is 2. The molecule has 2 nitrogen and oxygen atoms in total. The second-order valence-electron chi connectivity index (χ2n) is 4.93. The fourth-order valence-electron chi connectivity index (χ4n) is 1.33. The zero-order valence-electron chi connectivity index (χ0n) is 10.5. The van der Waals surface area contributed by atoms with Crippen molar-refractivity contribution in [1.29, 1.82) is 0 Å². The maximum atomic E-state index is 5.75. The van der Waals surface area contributed by atoms with Gasteiger partial charge in [0.1, 0.15) is 5.75 Å². The molecule has 1 N–H and O–H groups in total. The molecule has 1 rings (SSSR count). The van der Waals surface area contributed by atoms with Gasteiger partial charge in [0, 0.05) is 5.54 Å². The van der Waals surface area contributed by atoms with E-state index >= 15 is 0 Å². The fraction of sp³-hybridized carbons (Fsp3) is 0.538. The van der Waals surface area contributed by atoms with Crippen LogP contribution in [0.1, 0.15) is 27.2 Å². The summed E-state index contributed by atoms with van der Waals surface area (Å²) in [6.07, 6.45) is 0.991. The van der Waals surface area contributed by atoms with Crippen LogP contribution < -0.4 is 10.1 Å². The van der Waals surface area contributed by atoms with E-state index in [4.69, 9.17) is 4.74 Å². The molecule has 0 spiro atoms. The molecule has 0 saturated carbocycles. The van der Waals surface area contributed by atoms with Gasteiger partial charge in [0.25, 0.3) is 0 Å². The first-order chi connectivity index (χ1) is 7.90. The van der Waals surface area contributed by atoms with E-state index in [1.165, 1.54) is 0 Å². The minimum Gasteiger partial charge on any atom is -0.491 e. The molecule has 0 aliphatic carbocycles. The summed E-state index contributed by atoms with van der Waals surface area (Å²) in [7, 11) is 0. The summed E-state index contributed by atoms with van der Waals surface area (Å²) >= 11 is 6.95. The Morgan fingerprint density at radius 3 is 2.29 bits per heavy atom. The first-order valence-corrected chi connectivity index (χ1v) is 7.30. The third-order valence-corrected chi connectivity index (χ3v) is 3.39. The molecule has 0 saturated heterocycles. The molecule has 0 unspecified atom stereocenters. The Hall–Kier alpha value is -0.0600. The molecule has 0 aliphatic heterocycles. The minimum absolute atomic E-state index is 0.175. The molecule has 17 heavy (non-hydrogen) atoms. The number of rotatable bonds is 5. The largest absolute Gasteiger partial charge is 0.491 e. The predicted octanol–water partition coefficient (Wildman–Crippen LogP) is 4.37. The van der Waals surface area contributed by atoms with E-state index in [1.54, 1.807) is 0 Å². The lowest BCUT2D eigenvalue weighted by Crippen LogP contribution is -2.36. The van der Waals surface area contributed by atoms with Gasteiger partial charge in [-0.15, -0.1) is 0 Å². The van der Waals surface area contributed by atoms with Crippen LogP contribution in [0.15, 0.2) is 27.1 Å². The third-order valence-electron chi connectivity index (χ3n) is 2.14. The summed E-state index contributed by atoms with van der Waals surface area (Å²) in [6, 6.07) is 5.93. The Morgan fingerprint density at radius 1 is 1.18 bits per heavy atom. The van der Waals surface area contributed by atoms with Crippen molar-refractivity contribution in [3.8, 4) is 5.75 Å². The monoisotopic (exact) mass is 363 g/mol. The molecule has 0 fully saturated rings. The van der Waals surface area contributed by atoms with E-state index in [0.717, 1.165) is 27.7 Å². The van der Waals surface area contributed by atoms with Gasteiger partial charge >= 0.3 is 0 Å². The van der Waals surface area contributed by atoms with E-state index in [-0.39, 0.29) is 5.54 Å². The molecular formula is C13H19Br2NO. The van der Waals surface area contributed by atoms with Crippen molar-refractivity contribution >= 4 is 31.9 Å². The summed E-state index contributed by atoms with van der Waals surface area (Å²) in [5.74, 6) is 0.878. The van der Waals surface area contributed by atoms with E-state index in [0.29, 0.717) is 6.61 Å². The van der Waals surface area contributed by atoms with Crippen molar-refractivity contribution in [1.82, 2.24) is 5.32 Å². The zero-order valence-corrected chi connectivity index (χ0v) is 13.7. The SMILES string of the molecule is CC(C)(C)NCCCOc1c(Br)cccc1Br. The molecule has 1 aromatic carbocycles. The van der Waals surface area contributed by atoms with Gasteiger partial charge in [0.2, 0.25) is 0 Å². The smallest absolute Gasteiger partial charge is 0.147 e. The van der Waals surface area contributed by atoms with E-state index < -0.39 is 0 Å². The van der Waals surface area contributed by atoms with Crippen LogP contribution in [0.5, 0.6) is 5.75 Å². The summed E-state index contributed by atoms with van der Waals surface area (Å²) in [5, 5.41) is 3.43. The number of halogens is 2. The van der Waals surface area contributed by atoms with Crippen LogP contribution in [-0.4, -0.2) is 18.7 Å². The Labute approximate surface area is 120 Å². The van der Waals surface area contributed by atoms with Gasteiger partial charge in [-0.3, -0.25) is 0 Å². The molecule has 96 valence electrons. The number of benzene rings is 1. The van der Waals surface area contributed by atoms with Crippen LogP contribution >= 0.6 is 31.9 Å². The van der Waals surface area contributed by atoms with Gasteiger partial charge in [-0.2, -0.15) is 0 Å². The second kappa shape index (κ2) is 6.76. The summed E-state index contributed by atoms with van der Waals surface area (Å²) < 4.78 is 7.71. The molecule has 0 amide bonds. The zero-order chi connectivity index (χ0) is 12.9. The van der Waals surface area contributed by atoms with Gasteiger partial charge in [0.05, 0.1) is 15.6 Å². The maximum Gasteiger partial charge on any atom is 0.147 e. The molecule has 0 radical (unpaired) electrons. The van der Waals surface area contributed by atoms with Crippen LogP contribution in [-0.2, 0) is 0 Å². The van der Waals surface area contributed by atoms with Crippen LogP contribution in [0.3, 0.4) is 0 Å². The van der Waals surface area contributed by atoms with Crippen molar-refractivity contribution in [2.75, 3.05) is 13.2 Å². The van der Waals surface area contributed by atoms with E-state index in [9.17, 15) is 0 Å². The van der Waals surface area contributed by atoms with Crippen molar-refractivity contribution in [2.45, 2.75) is 32.7 Å². The van der Waals surface area contributed by atoms with Crippen LogP contribution in [0, 0.1) is 0 Å². The molecule has 0 aliphatic rings. The molecule has 4 heteroatoms. The lowest BCUT2D eigenvalue weighted by atomic mass is 10.1. The third kappa shape index (κ3) is 5.89. The predicted molar refractivity (Wildman–Crippen MR) is 79.7 cm³/mol. The van der Waals surface area contributed by atoms with Crippen molar-refractivity contribution < 1.29 is 4.74 Å². The highest BCUT2D eigenvalue weighted by atomic mass is 79.9. The van der Waals surface area contributed by atoms with Gasteiger partial charge in [-0.25, -0.2) is 0 Å². The molecule has 0 heterocycles. The van der Waals surface area contributed by atoms with Gasteiger partial charge < -0.3 is 10.1 Å². The number of nitrogens with one attached hydrogen (secondary N) is 1. The first-order valence-electron chi connectivity index (χ1n) is 5.72. The highest BCUT2D eigenvalue weighted by molar-refractivity contribution is 9.11. The summed E-state index contributed by atoms with van der Waals surface area (Å²) in [6.45, 7) is 8.17.